The lowest BCUT2D eigenvalue weighted by atomic mass is 10.2. The number of rotatable bonds is 7. The first-order valence-corrected chi connectivity index (χ1v) is 9.28. The number of aromatic nitrogens is 1. The highest BCUT2D eigenvalue weighted by Gasteiger charge is 2.09. The van der Waals surface area contributed by atoms with Crippen molar-refractivity contribution in [3.8, 4) is 0 Å². The Bertz CT molecular complexity index is 948. The van der Waals surface area contributed by atoms with Crippen molar-refractivity contribution in [2.45, 2.75) is 26.3 Å². The third kappa shape index (κ3) is 5.11. The number of halogens is 1. The average Bonchev–Trinajstić information content (AvgIpc) is 2.96. The van der Waals surface area contributed by atoms with Crippen LogP contribution in [0.25, 0.3) is 10.9 Å². The highest BCUT2D eigenvalue weighted by Crippen LogP contribution is 2.18. The Morgan fingerprint density at radius 2 is 1.78 bits per heavy atom. The van der Waals surface area contributed by atoms with Gasteiger partial charge >= 0.3 is 0 Å². The summed E-state index contributed by atoms with van der Waals surface area (Å²) in [5.74, 6) is -0.142. The van der Waals surface area contributed by atoms with Crippen LogP contribution in [-0.4, -0.2) is 22.9 Å². The molecule has 0 bridgehead atoms. The van der Waals surface area contributed by atoms with E-state index in [0.717, 1.165) is 16.6 Å². The lowest BCUT2D eigenvalue weighted by molar-refractivity contribution is -0.122. The second-order valence-electron chi connectivity index (χ2n) is 6.44. The van der Waals surface area contributed by atoms with Gasteiger partial charge in [0.25, 0.3) is 0 Å². The average molecular weight is 384 g/mol. The molecule has 0 saturated heterocycles. The number of carbonyl (C=O) groups excluding carboxylic acids is 2. The fourth-order valence-corrected chi connectivity index (χ4v) is 3.12. The van der Waals surface area contributed by atoms with Gasteiger partial charge in [-0.3, -0.25) is 9.59 Å². The molecule has 0 aliphatic carbocycles. The number of para-hydroxylation sites is 1. The van der Waals surface area contributed by atoms with Crippen molar-refractivity contribution in [1.82, 2.24) is 9.88 Å². The fourth-order valence-electron chi connectivity index (χ4n) is 2.99. The van der Waals surface area contributed by atoms with Crippen LogP contribution in [0.1, 0.15) is 18.5 Å². The summed E-state index contributed by atoms with van der Waals surface area (Å²) in [7, 11) is 0. The van der Waals surface area contributed by atoms with E-state index in [-0.39, 0.29) is 18.4 Å². The maximum atomic E-state index is 12.2. The van der Waals surface area contributed by atoms with Crippen molar-refractivity contribution in [2.24, 2.45) is 0 Å². The van der Waals surface area contributed by atoms with Crippen LogP contribution in [0, 0.1) is 6.92 Å². The van der Waals surface area contributed by atoms with Crippen LogP contribution in [0.4, 0.5) is 5.69 Å². The Morgan fingerprint density at radius 1 is 1.04 bits per heavy atom. The summed E-state index contributed by atoms with van der Waals surface area (Å²) >= 11 is 5.82. The predicted octanol–water partition coefficient (Wildman–Crippen LogP) is 4.14. The molecule has 1 heterocycles. The van der Waals surface area contributed by atoms with Gasteiger partial charge < -0.3 is 15.2 Å². The molecule has 0 radical (unpaired) electrons. The van der Waals surface area contributed by atoms with Crippen LogP contribution in [0.5, 0.6) is 0 Å². The van der Waals surface area contributed by atoms with Crippen LogP contribution >= 0.6 is 11.6 Å². The van der Waals surface area contributed by atoms with E-state index >= 15 is 0 Å². The van der Waals surface area contributed by atoms with Crippen LogP contribution in [-0.2, 0) is 16.1 Å². The molecule has 2 N–H and O–H groups in total. The number of nitrogens with zero attached hydrogens (tertiary/aromatic N) is 1. The molecule has 2 aromatic carbocycles. The molecule has 5 nitrogen and oxygen atoms in total. The normalized spacial score (nSPS) is 10.7. The first-order valence-electron chi connectivity index (χ1n) is 8.90. The molecular formula is C21H22ClN3O2. The fraction of sp³-hybridized carbons (Fsp3) is 0.238. The molecule has 2 amide bonds. The predicted molar refractivity (Wildman–Crippen MR) is 109 cm³/mol. The number of benzene rings is 2. The zero-order valence-corrected chi connectivity index (χ0v) is 15.9. The highest BCUT2D eigenvalue weighted by molar-refractivity contribution is 6.30. The second-order valence-corrected chi connectivity index (χ2v) is 6.88. The Balaban J connectivity index is 1.42. The third-order valence-electron chi connectivity index (χ3n) is 4.35. The lowest BCUT2D eigenvalue weighted by Crippen LogP contribution is -2.29. The second kappa shape index (κ2) is 8.73. The van der Waals surface area contributed by atoms with Gasteiger partial charge in [0.2, 0.25) is 11.8 Å². The van der Waals surface area contributed by atoms with Crippen molar-refractivity contribution in [1.29, 1.82) is 0 Å². The van der Waals surface area contributed by atoms with Crippen molar-refractivity contribution >= 4 is 40.0 Å². The van der Waals surface area contributed by atoms with Gasteiger partial charge in [-0.25, -0.2) is 0 Å². The van der Waals surface area contributed by atoms with Crippen molar-refractivity contribution in [2.75, 3.05) is 11.9 Å². The van der Waals surface area contributed by atoms with Crippen LogP contribution < -0.4 is 10.6 Å². The summed E-state index contributed by atoms with van der Waals surface area (Å²) < 4.78 is 2.00. The number of anilines is 1. The molecule has 0 unspecified atom stereocenters. The minimum absolute atomic E-state index is 0.0578. The Morgan fingerprint density at radius 3 is 2.56 bits per heavy atom. The molecule has 0 aliphatic heterocycles. The zero-order valence-electron chi connectivity index (χ0n) is 15.2. The summed E-state index contributed by atoms with van der Waals surface area (Å²) in [6.45, 7) is 2.73. The van der Waals surface area contributed by atoms with Crippen LogP contribution in [0.2, 0.25) is 5.02 Å². The molecule has 140 valence electrons. The SMILES string of the molecule is Cc1cc2ccccc2n1CC(=O)NCCCC(=O)Nc1ccc(Cl)cc1. The van der Waals surface area contributed by atoms with Gasteiger partial charge in [-0.05, 0) is 55.1 Å². The quantitative estimate of drug-likeness (QED) is 0.602. The van der Waals surface area contributed by atoms with Gasteiger partial charge in [0.1, 0.15) is 6.54 Å². The minimum atomic E-state index is -0.0844. The molecule has 3 aromatic rings. The van der Waals surface area contributed by atoms with Crippen LogP contribution in [0.3, 0.4) is 0 Å². The van der Waals surface area contributed by atoms with Crippen molar-refractivity contribution in [3.63, 3.8) is 0 Å². The molecule has 0 saturated carbocycles. The van der Waals surface area contributed by atoms with E-state index in [0.29, 0.717) is 30.1 Å². The van der Waals surface area contributed by atoms with E-state index in [1.807, 2.05) is 35.8 Å². The lowest BCUT2D eigenvalue weighted by Gasteiger charge is -2.09. The molecule has 1 aromatic heterocycles. The Labute approximate surface area is 163 Å². The zero-order chi connectivity index (χ0) is 19.2. The van der Waals surface area contributed by atoms with Crippen molar-refractivity contribution in [3.05, 3.63) is 65.3 Å². The summed E-state index contributed by atoms with van der Waals surface area (Å²) in [4.78, 5) is 24.2. The monoisotopic (exact) mass is 383 g/mol. The standard InChI is InChI=1S/C21H22ClN3O2/c1-15-13-16-5-2-3-6-19(16)25(15)14-21(27)23-12-4-7-20(26)24-18-10-8-17(22)9-11-18/h2-3,5-6,8-11,13H,4,7,12,14H2,1H3,(H,23,27)(H,24,26). The topological polar surface area (TPSA) is 63.1 Å². The van der Waals surface area contributed by atoms with Gasteiger partial charge in [0, 0.05) is 34.9 Å². The number of hydrogen-bond donors (Lipinski definition) is 2. The van der Waals surface area contributed by atoms with E-state index in [1.165, 1.54) is 0 Å². The molecule has 0 fully saturated rings. The van der Waals surface area contributed by atoms with E-state index in [1.54, 1.807) is 24.3 Å². The van der Waals surface area contributed by atoms with E-state index in [2.05, 4.69) is 16.7 Å². The highest BCUT2D eigenvalue weighted by atomic mass is 35.5. The molecule has 27 heavy (non-hydrogen) atoms. The third-order valence-corrected chi connectivity index (χ3v) is 4.60. The van der Waals surface area contributed by atoms with Gasteiger partial charge in [-0.1, -0.05) is 29.8 Å². The maximum Gasteiger partial charge on any atom is 0.239 e. The molecule has 0 atom stereocenters. The molecule has 0 spiro atoms. The number of aryl methyl sites for hydroxylation is 1. The summed E-state index contributed by atoms with van der Waals surface area (Å²) in [6.07, 6.45) is 0.922. The minimum Gasteiger partial charge on any atom is -0.355 e. The van der Waals surface area contributed by atoms with Gasteiger partial charge in [0.05, 0.1) is 0 Å². The largest absolute Gasteiger partial charge is 0.355 e. The number of fused-ring (bicyclic) bond motifs is 1. The summed E-state index contributed by atoms with van der Waals surface area (Å²) in [5.41, 5.74) is 2.81. The number of hydrogen-bond acceptors (Lipinski definition) is 2. The van der Waals surface area contributed by atoms with Gasteiger partial charge in [-0.2, -0.15) is 0 Å². The first-order chi connectivity index (χ1) is 13.0. The van der Waals surface area contributed by atoms with E-state index in [9.17, 15) is 9.59 Å². The summed E-state index contributed by atoms with van der Waals surface area (Å²) in [5, 5.41) is 7.44. The number of amides is 2. The molecule has 6 heteroatoms. The number of nitrogens with one attached hydrogen (secondary N) is 2. The van der Waals surface area contributed by atoms with Crippen LogP contribution in [0.15, 0.2) is 54.6 Å². The molecule has 0 aliphatic rings. The maximum absolute atomic E-state index is 12.2. The first kappa shape index (κ1) is 19.0. The van der Waals surface area contributed by atoms with Crippen molar-refractivity contribution < 1.29 is 9.59 Å². The molecule has 3 rings (SSSR count). The smallest absolute Gasteiger partial charge is 0.239 e. The Kier molecular flexibility index (Phi) is 6.14. The Hall–Kier alpha value is -2.79. The summed E-state index contributed by atoms with van der Waals surface area (Å²) in [6, 6.07) is 17.0. The van der Waals surface area contributed by atoms with Gasteiger partial charge in [-0.15, -0.1) is 0 Å². The van der Waals surface area contributed by atoms with E-state index < -0.39 is 0 Å². The van der Waals surface area contributed by atoms with E-state index in [4.69, 9.17) is 11.6 Å². The van der Waals surface area contributed by atoms with Gasteiger partial charge in [0.15, 0.2) is 0 Å². The molecular weight excluding hydrogens is 362 g/mol. The number of carbonyl (C=O) groups is 2.